The monoisotopic (exact) mass is 496 g/mol. The summed E-state index contributed by atoms with van der Waals surface area (Å²) in [5.74, 6) is -0.200. The first-order valence-electron chi connectivity index (χ1n) is 12.8. The second-order valence-corrected chi connectivity index (χ2v) is 9.36. The van der Waals surface area contributed by atoms with Crippen LogP contribution in [0.1, 0.15) is 17.7 Å². The average molecular weight is 497 g/mol. The molecule has 0 unspecified atom stereocenters. The Morgan fingerprint density at radius 1 is 0.865 bits per heavy atom. The van der Waals surface area contributed by atoms with Crippen LogP contribution in [0.25, 0.3) is 10.8 Å². The molecule has 0 spiro atoms. The van der Waals surface area contributed by atoms with E-state index in [4.69, 9.17) is 0 Å². The van der Waals surface area contributed by atoms with Crippen LogP contribution in [0.2, 0.25) is 0 Å². The van der Waals surface area contributed by atoms with Gasteiger partial charge in [0.2, 0.25) is 5.91 Å². The second-order valence-electron chi connectivity index (χ2n) is 9.36. The normalized spacial score (nSPS) is 14.1. The molecule has 8 nitrogen and oxygen atoms in total. The SMILES string of the molecule is O=C(Cn1nc(Cc2ccncc2)c2ccccc2c1=O)NCCCN1CCN(c2ccccc2)CC1. The average Bonchev–Trinajstić information content (AvgIpc) is 2.95. The number of para-hydroxylation sites is 1. The van der Waals surface area contributed by atoms with Gasteiger partial charge in [-0.05, 0) is 48.9 Å². The number of hydrogen-bond donors (Lipinski definition) is 1. The zero-order valence-electron chi connectivity index (χ0n) is 20.9. The van der Waals surface area contributed by atoms with Gasteiger partial charge in [-0.15, -0.1) is 0 Å². The highest BCUT2D eigenvalue weighted by Gasteiger charge is 2.17. The summed E-state index contributed by atoms with van der Waals surface area (Å²) in [6, 6.07) is 21.8. The van der Waals surface area contributed by atoms with Crippen LogP contribution >= 0.6 is 0 Å². The molecule has 3 heterocycles. The van der Waals surface area contributed by atoms with Gasteiger partial charge >= 0.3 is 0 Å². The number of pyridine rings is 1. The summed E-state index contributed by atoms with van der Waals surface area (Å²) >= 11 is 0. The molecule has 0 atom stereocenters. The minimum absolute atomic E-state index is 0.0945. The number of piperazine rings is 1. The van der Waals surface area contributed by atoms with E-state index in [0.29, 0.717) is 18.4 Å². The lowest BCUT2D eigenvalue weighted by Gasteiger charge is -2.36. The summed E-state index contributed by atoms with van der Waals surface area (Å²) in [6.45, 7) is 5.46. The van der Waals surface area contributed by atoms with Crippen LogP contribution in [-0.2, 0) is 17.8 Å². The number of amides is 1. The summed E-state index contributed by atoms with van der Waals surface area (Å²) in [6.07, 6.45) is 4.90. The number of benzene rings is 2. The van der Waals surface area contributed by atoms with E-state index < -0.39 is 0 Å². The number of rotatable bonds is 9. The molecular weight excluding hydrogens is 464 g/mol. The van der Waals surface area contributed by atoms with E-state index in [1.165, 1.54) is 10.4 Å². The Balaban J connectivity index is 1.14. The fourth-order valence-electron chi connectivity index (χ4n) is 4.83. The maximum atomic E-state index is 13.0. The third-order valence-electron chi connectivity index (χ3n) is 6.83. The number of carbonyl (C=O) groups is 1. The molecule has 8 heteroatoms. The summed E-state index contributed by atoms with van der Waals surface area (Å²) in [5, 5.41) is 8.93. The molecule has 1 fully saturated rings. The summed E-state index contributed by atoms with van der Waals surface area (Å²) in [5.41, 5.74) is 2.84. The van der Waals surface area contributed by atoms with Gasteiger partial charge < -0.3 is 10.2 Å². The minimum atomic E-state index is -0.250. The Hall–Kier alpha value is -4.04. The maximum absolute atomic E-state index is 13.0. The number of hydrogen-bond acceptors (Lipinski definition) is 6. The van der Waals surface area contributed by atoms with Crippen molar-refractivity contribution in [2.75, 3.05) is 44.2 Å². The molecule has 0 bridgehead atoms. The van der Waals surface area contributed by atoms with E-state index in [9.17, 15) is 9.59 Å². The molecule has 2 aromatic carbocycles. The highest BCUT2D eigenvalue weighted by atomic mass is 16.2. The van der Waals surface area contributed by atoms with Crippen molar-refractivity contribution in [2.24, 2.45) is 0 Å². The van der Waals surface area contributed by atoms with Gasteiger partial charge in [0.25, 0.3) is 5.56 Å². The van der Waals surface area contributed by atoms with Crippen LogP contribution < -0.4 is 15.8 Å². The van der Waals surface area contributed by atoms with Crippen molar-refractivity contribution in [3.63, 3.8) is 0 Å². The van der Waals surface area contributed by atoms with Crippen molar-refractivity contribution in [2.45, 2.75) is 19.4 Å². The van der Waals surface area contributed by atoms with Gasteiger partial charge in [0.15, 0.2) is 0 Å². The molecule has 0 radical (unpaired) electrons. The fourth-order valence-corrected chi connectivity index (χ4v) is 4.83. The van der Waals surface area contributed by atoms with Crippen LogP contribution in [0.15, 0.2) is 83.9 Å². The van der Waals surface area contributed by atoms with Gasteiger partial charge in [-0.3, -0.25) is 19.5 Å². The molecule has 37 heavy (non-hydrogen) atoms. The van der Waals surface area contributed by atoms with E-state index in [-0.39, 0.29) is 18.0 Å². The third kappa shape index (κ3) is 6.21. The second kappa shape index (κ2) is 11.8. The smallest absolute Gasteiger partial charge is 0.275 e. The first kappa shape index (κ1) is 24.6. The lowest BCUT2D eigenvalue weighted by atomic mass is 10.1. The van der Waals surface area contributed by atoms with Crippen molar-refractivity contribution in [3.05, 3.63) is 101 Å². The van der Waals surface area contributed by atoms with Gasteiger partial charge in [0.05, 0.1) is 11.1 Å². The van der Waals surface area contributed by atoms with Gasteiger partial charge in [-0.2, -0.15) is 5.10 Å². The molecule has 5 rings (SSSR count). The lowest BCUT2D eigenvalue weighted by Crippen LogP contribution is -2.47. The quantitative estimate of drug-likeness (QED) is 0.359. The van der Waals surface area contributed by atoms with Crippen LogP contribution in [0, 0.1) is 0 Å². The van der Waals surface area contributed by atoms with Crippen molar-refractivity contribution < 1.29 is 4.79 Å². The highest BCUT2D eigenvalue weighted by molar-refractivity contribution is 5.84. The molecule has 2 aromatic heterocycles. The van der Waals surface area contributed by atoms with E-state index in [2.05, 4.69) is 49.5 Å². The van der Waals surface area contributed by atoms with E-state index in [1.807, 2.05) is 36.4 Å². The number of nitrogens with zero attached hydrogens (tertiary/aromatic N) is 5. The van der Waals surface area contributed by atoms with E-state index >= 15 is 0 Å². The molecule has 1 N–H and O–H groups in total. The number of anilines is 1. The maximum Gasteiger partial charge on any atom is 0.275 e. The Kier molecular flexibility index (Phi) is 7.86. The van der Waals surface area contributed by atoms with Gasteiger partial charge in [-0.25, -0.2) is 4.68 Å². The van der Waals surface area contributed by atoms with Crippen molar-refractivity contribution in [3.8, 4) is 0 Å². The van der Waals surface area contributed by atoms with Crippen molar-refractivity contribution in [1.82, 2.24) is 25.0 Å². The van der Waals surface area contributed by atoms with Gasteiger partial charge in [-0.1, -0.05) is 36.4 Å². The molecule has 1 amide bonds. The van der Waals surface area contributed by atoms with Crippen LogP contribution in [0.4, 0.5) is 5.69 Å². The molecule has 0 aliphatic carbocycles. The molecule has 0 saturated carbocycles. The topological polar surface area (TPSA) is 83.4 Å². The minimum Gasteiger partial charge on any atom is -0.369 e. The number of carbonyl (C=O) groups excluding carboxylic acids is 1. The Morgan fingerprint density at radius 2 is 1.57 bits per heavy atom. The zero-order chi connectivity index (χ0) is 25.5. The summed E-state index contributed by atoms with van der Waals surface area (Å²) < 4.78 is 1.29. The Bertz CT molecular complexity index is 1380. The lowest BCUT2D eigenvalue weighted by molar-refractivity contribution is -0.121. The van der Waals surface area contributed by atoms with E-state index in [0.717, 1.165) is 55.8 Å². The first-order chi connectivity index (χ1) is 18.2. The van der Waals surface area contributed by atoms with Crippen molar-refractivity contribution in [1.29, 1.82) is 0 Å². The number of nitrogens with one attached hydrogen (secondary N) is 1. The molecule has 1 aliphatic rings. The van der Waals surface area contributed by atoms with Crippen LogP contribution in [0.5, 0.6) is 0 Å². The predicted molar refractivity (Wildman–Crippen MR) is 146 cm³/mol. The zero-order valence-corrected chi connectivity index (χ0v) is 20.9. The highest BCUT2D eigenvalue weighted by Crippen LogP contribution is 2.17. The first-order valence-corrected chi connectivity index (χ1v) is 12.8. The van der Waals surface area contributed by atoms with E-state index in [1.54, 1.807) is 18.5 Å². The summed E-state index contributed by atoms with van der Waals surface area (Å²) in [7, 11) is 0. The van der Waals surface area contributed by atoms with Crippen LogP contribution in [0.3, 0.4) is 0 Å². The third-order valence-corrected chi connectivity index (χ3v) is 6.83. The van der Waals surface area contributed by atoms with Crippen molar-refractivity contribution >= 4 is 22.4 Å². The van der Waals surface area contributed by atoms with Crippen LogP contribution in [-0.4, -0.2) is 64.8 Å². The number of aromatic nitrogens is 3. The van der Waals surface area contributed by atoms with Gasteiger partial charge in [0, 0.05) is 62.6 Å². The molecule has 1 aliphatic heterocycles. The fraction of sp³-hybridized carbons (Fsp3) is 0.310. The molecule has 190 valence electrons. The largest absolute Gasteiger partial charge is 0.369 e. The molecule has 1 saturated heterocycles. The standard InChI is InChI=1S/C29H32N6O2/c36-28(31-13-6-16-33-17-19-34(20-18-33)24-7-2-1-3-8-24)22-35-29(37)26-10-5-4-9-25(26)27(32-35)21-23-11-14-30-15-12-23/h1-5,7-12,14-15H,6,13,16-22H2,(H,31,36). The summed E-state index contributed by atoms with van der Waals surface area (Å²) in [4.78, 5) is 34.6. The molecule has 4 aromatic rings. The Morgan fingerprint density at radius 3 is 2.32 bits per heavy atom. The van der Waals surface area contributed by atoms with Gasteiger partial charge in [0.1, 0.15) is 6.54 Å². The Labute approximate surface area is 216 Å². The molecular formula is C29H32N6O2. The predicted octanol–water partition coefficient (Wildman–Crippen LogP) is 2.71. The number of fused-ring (bicyclic) bond motifs is 1.